The van der Waals surface area contributed by atoms with E-state index in [0.29, 0.717) is 37.1 Å². The molecule has 28 heavy (non-hydrogen) atoms. The Morgan fingerprint density at radius 2 is 1.82 bits per heavy atom. The summed E-state index contributed by atoms with van der Waals surface area (Å²) in [6.07, 6.45) is 2.59. The molecule has 0 aliphatic carbocycles. The average molecular weight is 388 g/mol. The zero-order valence-corrected chi connectivity index (χ0v) is 15.7. The molecule has 1 amide bonds. The van der Waals surface area contributed by atoms with Crippen molar-refractivity contribution in [1.82, 2.24) is 4.90 Å². The highest BCUT2D eigenvalue weighted by Crippen LogP contribution is 2.28. The van der Waals surface area contributed by atoms with Crippen molar-refractivity contribution < 1.29 is 18.0 Å². The van der Waals surface area contributed by atoms with Crippen molar-refractivity contribution in [2.24, 2.45) is 11.7 Å². The van der Waals surface area contributed by atoms with E-state index in [9.17, 15) is 18.0 Å². The molecular weight excluding hydrogens is 365 g/mol. The smallest absolute Gasteiger partial charge is 0.241 e. The molecule has 2 aromatic carbocycles. The van der Waals surface area contributed by atoms with Gasteiger partial charge in [0.25, 0.3) is 0 Å². The Morgan fingerprint density at radius 3 is 2.50 bits per heavy atom. The summed E-state index contributed by atoms with van der Waals surface area (Å²) in [6.45, 7) is 3.77. The van der Waals surface area contributed by atoms with Crippen LogP contribution in [0.15, 0.2) is 48.0 Å². The van der Waals surface area contributed by atoms with Gasteiger partial charge in [0.15, 0.2) is 11.6 Å². The maximum absolute atomic E-state index is 13.6. The average Bonchev–Trinajstić information content (AvgIpc) is 2.63. The van der Waals surface area contributed by atoms with E-state index in [1.165, 1.54) is 18.2 Å². The lowest BCUT2D eigenvalue weighted by Gasteiger charge is -2.35. The lowest BCUT2D eigenvalue weighted by molar-refractivity contribution is -0.113. The van der Waals surface area contributed by atoms with Crippen LogP contribution < -0.4 is 5.73 Å². The van der Waals surface area contributed by atoms with Crippen LogP contribution in [0.2, 0.25) is 0 Å². The highest BCUT2D eigenvalue weighted by molar-refractivity contribution is 5.86. The molecule has 1 atom stereocenters. The first kappa shape index (κ1) is 20.1. The summed E-state index contributed by atoms with van der Waals surface area (Å²) in [5, 5.41) is 0. The summed E-state index contributed by atoms with van der Waals surface area (Å²) in [7, 11) is 0. The van der Waals surface area contributed by atoms with E-state index in [0.717, 1.165) is 23.7 Å². The largest absolute Gasteiger partial charge is 0.366 e. The highest BCUT2D eigenvalue weighted by atomic mass is 19.2. The Morgan fingerprint density at radius 1 is 1.11 bits per heavy atom. The predicted octanol–water partition coefficient (Wildman–Crippen LogP) is 3.89. The molecular formula is C22H23F3N2O. The Kier molecular flexibility index (Phi) is 6.19. The summed E-state index contributed by atoms with van der Waals surface area (Å²) in [4.78, 5) is 13.6. The van der Waals surface area contributed by atoms with Crippen LogP contribution in [0.1, 0.15) is 23.1 Å². The van der Waals surface area contributed by atoms with Crippen molar-refractivity contribution in [1.29, 1.82) is 0 Å². The number of primary amides is 1. The number of nitrogens with two attached hydrogens (primary N) is 1. The minimum atomic E-state index is -0.882. The zero-order valence-electron chi connectivity index (χ0n) is 15.7. The Bertz CT molecular complexity index is 911. The lowest BCUT2D eigenvalue weighted by atomic mass is 9.85. The first-order valence-corrected chi connectivity index (χ1v) is 9.23. The molecule has 1 aliphatic rings. The zero-order chi connectivity index (χ0) is 20.3. The van der Waals surface area contributed by atoms with Gasteiger partial charge < -0.3 is 5.73 Å². The van der Waals surface area contributed by atoms with Crippen molar-refractivity contribution in [2.75, 3.05) is 13.1 Å². The standard InChI is InChI=1S/C22H23F3N2O/c1-14-8-16(3-4-19(14)23)12-27-7-6-17(11-22(26)28)18(13-27)9-15-2-5-20(24)21(25)10-15/h2-5,8,10-11,18H,6-7,9,12-13H2,1H3,(H2,26,28). The second-order valence-electron chi connectivity index (χ2n) is 7.34. The number of piperidine rings is 1. The number of aryl methyl sites for hydroxylation is 1. The van der Waals surface area contributed by atoms with Crippen LogP contribution in [0.5, 0.6) is 0 Å². The number of likely N-dealkylation sites (tertiary alicyclic amines) is 1. The number of carbonyl (C=O) groups is 1. The van der Waals surface area contributed by atoms with Crippen molar-refractivity contribution in [3.63, 3.8) is 0 Å². The second kappa shape index (κ2) is 8.61. The van der Waals surface area contributed by atoms with Crippen LogP contribution in [-0.2, 0) is 17.8 Å². The van der Waals surface area contributed by atoms with Gasteiger partial charge in [-0.05, 0) is 60.6 Å². The van der Waals surface area contributed by atoms with Gasteiger partial charge in [0, 0.05) is 25.7 Å². The number of amides is 1. The van der Waals surface area contributed by atoms with Gasteiger partial charge in [-0.1, -0.05) is 23.8 Å². The van der Waals surface area contributed by atoms with Gasteiger partial charge in [-0.15, -0.1) is 0 Å². The third-order valence-corrected chi connectivity index (χ3v) is 5.14. The summed E-state index contributed by atoms with van der Waals surface area (Å²) in [6, 6.07) is 8.92. The van der Waals surface area contributed by atoms with Crippen molar-refractivity contribution in [3.8, 4) is 0 Å². The fourth-order valence-electron chi connectivity index (χ4n) is 3.74. The van der Waals surface area contributed by atoms with Gasteiger partial charge >= 0.3 is 0 Å². The van der Waals surface area contributed by atoms with Gasteiger partial charge in [0.05, 0.1) is 0 Å². The van der Waals surface area contributed by atoms with Crippen LogP contribution in [0.25, 0.3) is 0 Å². The number of nitrogens with zero attached hydrogens (tertiary/aromatic N) is 1. The van der Waals surface area contributed by atoms with Crippen LogP contribution in [0.4, 0.5) is 13.2 Å². The first-order chi connectivity index (χ1) is 13.3. The van der Waals surface area contributed by atoms with Gasteiger partial charge in [-0.3, -0.25) is 9.69 Å². The molecule has 0 saturated carbocycles. The maximum Gasteiger partial charge on any atom is 0.241 e. The van der Waals surface area contributed by atoms with E-state index in [1.54, 1.807) is 19.1 Å². The molecule has 2 aromatic rings. The molecule has 6 heteroatoms. The normalized spacial score (nSPS) is 19.1. The number of halogens is 3. The molecule has 0 bridgehead atoms. The summed E-state index contributed by atoms with van der Waals surface area (Å²) in [5.74, 6) is -2.54. The fourth-order valence-corrected chi connectivity index (χ4v) is 3.74. The van der Waals surface area contributed by atoms with Crippen molar-refractivity contribution in [2.45, 2.75) is 26.3 Å². The molecule has 3 nitrogen and oxygen atoms in total. The molecule has 2 N–H and O–H groups in total. The number of hydrogen-bond acceptors (Lipinski definition) is 2. The number of carbonyl (C=O) groups excluding carboxylic acids is 1. The monoisotopic (exact) mass is 388 g/mol. The molecule has 1 fully saturated rings. The second-order valence-corrected chi connectivity index (χ2v) is 7.34. The topological polar surface area (TPSA) is 46.3 Å². The third kappa shape index (κ3) is 5.01. The van der Waals surface area contributed by atoms with Crippen molar-refractivity contribution >= 4 is 5.91 Å². The van der Waals surface area contributed by atoms with E-state index in [-0.39, 0.29) is 11.7 Å². The predicted molar refractivity (Wildman–Crippen MR) is 102 cm³/mol. The number of rotatable bonds is 5. The molecule has 1 aliphatic heterocycles. The molecule has 1 unspecified atom stereocenters. The molecule has 1 heterocycles. The summed E-state index contributed by atoms with van der Waals surface area (Å²) >= 11 is 0. The Labute approximate surface area is 162 Å². The van der Waals surface area contributed by atoms with Gasteiger partial charge in [-0.2, -0.15) is 0 Å². The third-order valence-electron chi connectivity index (χ3n) is 5.14. The molecule has 148 valence electrons. The van der Waals surface area contributed by atoms with Crippen LogP contribution >= 0.6 is 0 Å². The quantitative estimate of drug-likeness (QED) is 0.790. The first-order valence-electron chi connectivity index (χ1n) is 9.23. The van der Waals surface area contributed by atoms with Crippen LogP contribution in [0.3, 0.4) is 0 Å². The maximum atomic E-state index is 13.6. The van der Waals surface area contributed by atoms with E-state index < -0.39 is 17.5 Å². The van der Waals surface area contributed by atoms with Gasteiger partial charge in [0.2, 0.25) is 5.91 Å². The highest BCUT2D eigenvalue weighted by Gasteiger charge is 2.25. The summed E-state index contributed by atoms with van der Waals surface area (Å²) in [5.41, 5.74) is 8.53. The van der Waals surface area contributed by atoms with E-state index >= 15 is 0 Å². The van der Waals surface area contributed by atoms with E-state index in [1.807, 2.05) is 6.07 Å². The number of benzene rings is 2. The Hall–Kier alpha value is -2.60. The molecule has 1 saturated heterocycles. The van der Waals surface area contributed by atoms with E-state index in [2.05, 4.69) is 4.90 Å². The van der Waals surface area contributed by atoms with Gasteiger partial charge in [-0.25, -0.2) is 13.2 Å². The van der Waals surface area contributed by atoms with E-state index in [4.69, 9.17) is 5.73 Å². The molecule has 3 rings (SSSR count). The minimum Gasteiger partial charge on any atom is -0.366 e. The van der Waals surface area contributed by atoms with Gasteiger partial charge in [0.1, 0.15) is 5.82 Å². The van der Waals surface area contributed by atoms with Crippen LogP contribution in [-0.4, -0.2) is 23.9 Å². The van der Waals surface area contributed by atoms with Crippen LogP contribution in [0, 0.1) is 30.3 Å². The fraction of sp³-hybridized carbons (Fsp3) is 0.318. The summed E-state index contributed by atoms with van der Waals surface area (Å²) < 4.78 is 40.3. The minimum absolute atomic E-state index is 0.0346. The van der Waals surface area contributed by atoms with Crippen molar-refractivity contribution in [3.05, 3.63) is 82.2 Å². The lowest BCUT2D eigenvalue weighted by Crippen LogP contribution is -2.37. The molecule has 0 radical (unpaired) electrons. The molecule has 0 spiro atoms. The number of hydrogen-bond donors (Lipinski definition) is 1. The molecule has 0 aromatic heterocycles. The Balaban J connectivity index is 1.77. The SMILES string of the molecule is Cc1cc(CN2CCC(=CC(N)=O)C(Cc3ccc(F)c(F)c3)C2)ccc1F.